The van der Waals surface area contributed by atoms with Gasteiger partial charge in [-0.3, -0.25) is 4.79 Å². The maximum Gasteiger partial charge on any atom is 0.255 e. The molecule has 0 saturated carbocycles. The van der Waals surface area contributed by atoms with Gasteiger partial charge in [0.2, 0.25) is 5.95 Å². The molecule has 0 radical (unpaired) electrons. The fourth-order valence-corrected chi connectivity index (χ4v) is 4.31. The van der Waals surface area contributed by atoms with Crippen LogP contribution in [0.3, 0.4) is 0 Å². The minimum absolute atomic E-state index is 0.150. The molecular formula is C27H25N5O4. The van der Waals surface area contributed by atoms with Crippen molar-refractivity contribution in [1.29, 1.82) is 0 Å². The molecule has 1 atom stereocenters. The lowest BCUT2D eigenvalue weighted by molar-refractivity contribution is -0.113. The van der Waals surface area contributed by atoms with Crippen molar-refractivity contribution in [3.8, 4) is 28.6 Å². The van der Waals surface area contributed by atoms with Crippen LogP contribution in [0.5, 0.6) is 17.2 Å². The van der Waals surface area contributed by atoms with E-state index in [2.05, 4.69) is 15.6 Å². The Morgan fingerprint density at radius 2 is 1.75 bits per heavy atom. The smallest absolute Gasteiger partial charge is 0.255 e. The molecule has 1 aliphatic heterocycles. The molecule has 1 unspecified atom stereocenters. The van der Waals surface area contributed by atoms with Crippen molar-refractivity contribution in [1.82, 2.24) is 14.8 Å². The number of carbonyl (C=O) groups excluding carboxylic acids is 1. The zero-order valence-corrected chi connectivity index (χ0v) is 20.0. The molecule has 3 N–H and O–H groups in total. The summed E-state index contributed by atoms with van der Waals surface area (Å²) in [6.45, 7) is 1.83. The Bertz CT molecular complexity index is 1450. The van der Waals surface area contributed by atoms with Crippen molar-refractivity contribution < 1.29 is 19.4 Å². The van der Waals surface area contributed by atoms with E-state index in [1.807, 2.05) is 49.4 Å². The number of anilines is 2. The highest BCUT2D eigenvalue weighted by Gasteiger charge is 2.36. The average Bonchev–Trinajstić information content (AvgIpc) is 3.31. The number of nitrogens with one attached hydrogen (secondary N) is 2. The lowest BCUT2D eigenvalue weighted by Crippen LogP contribution is -2.31. The lowest BCUT2D eigenvalue weighted by Gasteiger charge is -2.30. The number of fused-ring (bicyclic) bond motifs is 1. The number of carbonyl (C=O) groups is 1. The van der Waals surface area contributed by atoms with Gasteiger partial charge < -0.3 is 25.2 Å². The first-order valence-corrected chi connectivity index (χ1v) is 11.3. The summed E-state index contributed by atoms with van der Waals surface area (Å²) in [5, 5.41) is 20.7. The van der Waals surface area contributed by atoms with Gasteiger partial charge in [-0.05, 0) is 49.4 Å². The number of hydrogen-bond donors (Lipinski definition) is 3. The summed E-state index contributed by atoms with van der Waals surface area (Å²) in [5.41, 5.74) is 3.18. The SMILES string of the molecule is COc1cccc(C2C(C(=O)Nc3ccccc3)=C(C)Nc3nc(-c4ccc(O)cc4)nn32)c1OC. The highest BCUT2D eigenvalue weighted by Crippen LogP contribution is 2.43. The van der Waals surface area contributed by atoms with Gasteiger partial charge in [-0.25, -0.2) is 4.68 Å². The van der Waals surface area contributed by atoms with Crippen LogP contribution < -0.4 is 20.1 Å². The number of amides is 1. The summed E-state index contributed by atoms with van der Waals surface area (Å²) in [6.07, 6.45) is 0. The number of methoxy groups -OCH3 is 2. The van der Waals surface area contributed by atoms with Crippen molar-refractivity contribution >= 4 is 17.5 Å². The van der Waals surface area contributed by atoms with Crippen LogP contribution in [0.4, 0.5) is 11.6 Å². The predicted octanol–water partition coefficient (Wildman–Crippen LogP) is 4.60. The van der Waals surface area contributed by atoms with E-state index in [0.717, 1.165) is 5.56 Å². The molecule has 4 aromatic rings. The van der Waals surface area contributed by atoms with Crippen LogP contribution in [0.1, 0.15) is 18.5 Å². The number of phenolic OH excluding ortho intramolecular Hbond substituents is 1. The molecule has 9 nitrogen and oxygen atoms in total. The number of ether oxygens (including phenoxy) is 2. The number of hydrogen-bond acceptors (Lipinski definition) is 7. The summed E-state index contributed by atoms with van der Waals surface area (Å²) in [7, 11) is 3.13. The monoisotopic (exact) mass is 483 g/mol. The number of phenols is 1. The van der Waals surface area contributed by atoms with Gasteiger partial charge in [-0.1, -0.05) is 30.3 Å². The maximum absolute atomic E-state index is 13.7. The predicted molar refractivity (Wildman–Crippen MR) is 136 cm³/mol. The summed E-state index contributed by atoms with van der Waals surface area (Å²) >= 11 is 0. The minimum Gasteiger partial charge on any atom is -0.508 e. The number of aromatic nitrogens is 3. The van der Waals surface area contributed by atoms with Crippen LogP contribution in [0, 0.1) is 0 Å². The average molecular weight is 484 g/mol. The maximum atomic E-state index is 13.7. The van der Waals surface area contributed by atoms with Crippen molar-refractivity contribution in [2.45, 2.75) is 13.0 Å². The van der Waals surface area contributed by atoms with Gasteiger partial charge in [0.15, 0.2) is 17.3 Å². The molecule has 2 heterocycles. The second kappa shape index (κ2) is 9.46. The molecule has 0 bridgehead atoms. The van der Waals surface area contributed by atoms with Crippen LogP contribution in [-0.2, 0) is 4.79 Å². The van der Waals surface area contributed by atoms with E-state index >= 15 is 0 Å². The summed E-state index contributed by atoms with van der Waals surface area (Å²) in [6, 6.07) is 20.8. The van der Waals surface area contributed by atoms with Gasteiger partial charge in [0.25, 0.3) is 5.91 Å². The van der Waals surface area contributed by atoms with Crippen LogP contribution in [0.25, 0.3) is 11.4 Å². The molecule has 1 aliphatic rings. The van der Waals surface area contributed by atoms with Gasteiger partial charge in [0, 0.05) is 22.5 Å². The van der Waals surface area contributed by atoms with Crippen LogP contribution in [0.15, 0.2) is 84.1 Å². The zero-order valence-electron chi connectivity index (χ0n) is 20.0. The molecule has 3 aromatic carbocycles. The second-order valence-electron chi connectivity index (χ2n) is 8.22. The Morgan fingerprint density at radius 3 is 2.44 bits per heavy atom. The molecule has 0 aliphatic carbocycles. The van der Waals surface area contributed by atoms with Gasteiger partial charge in [-0.2, -0.15) is 4.98 Å². The molecule has 182 valence electrons. The van der Waals surface area contributed by atoms with E-state index in [1.165, 1.54) is 0 Å². The third kappa shape index (κ3) is 4.11. The lowest BCUT2D eigenvalue weighted by atomic mass is 9.94. The number of allylic oxidation sites excluding steroid dienone is 1. The molecule has 1 amide bonds. The largest absolute Gasteiger partial charge is 0.508 e. The molecule has 0 fully saturated rings. The van der Waals surface area contributed by atoms with E-state index in [-0.39, 0.29) is 11.7 Å². The molecular weight excluding hydrogens is 458 g/mol. The summed E-state index contributed by atoms with van der Waals surface area (Å²) in [5.74, 6) is 1.82. The van der Waals surface area contributed by atoms with Gasteiger partial charge >= 0.3 is 0 Å². The molecule has 9 heteroatoms. The second-order valence-corrected chi connectivity index (χ2v) is 8.22. The van der Waals surface area contributed by atoms with Crippen molar-refractivity contribution in [3.05, 3.63) is 89.6 Å². The molecule has 5 rings (SSSR count). The molecule has 0 spiro atoms. The molecule has 36 heavy (non-hydrogen) atoms. The number of aromatic hydroxyl groups is 1. The van der Waals surface area contributed by atoms with E-state index in [4.69, 9.17) is 14.6 Å². The Labute approximate surface area is 208 Å². The van der Waals surface area contributed by atoms with Gasteiger partial charge in [0.1, 0.15) is 11.8 Å². The van der Waals surface area contributed by atoms with Crippen LogP contribution in [-0.4, -0.2) is 40.0 Å². The van der Waals surface area contributed by atoms with Crippen molar-refractivity contribution in [3.63, 3.8) is 0 Å². The molecule has 1 aromatic heterocycles. The quantitative estimate of drug-likeness (QED) is 0.368. The van der Waals surface area contributed by atoms with E-state index in [9.17, 15) is 9.90 Å². The van der Waals surface area contributed by atoms with E-state index < -0.39 is 6.04 Å². The minimum atomic E-state index is -0.659. The van der Waals surface area contributed by atoms with Gasteiger partial charge in [-0.15, -0.1) is 5.10 Å². The highest BCUT2D eigenvalue weighted by molar-refractivity contribution is 6.06. The van der Waals surface area contributed by atoms with E-state index in [1.54, 1.807) is 49.2 Å². The standard InChI is InChI=1S/C27H25N5O4/c1-16-22(26(34)29-18-8-5-4-6-9-18)23(20-10-7-11-21(35-2)24(20)36-3)32-27(28-16)30-25(31-32)17-12-14-19(33)15-13-17/h4-15,23,33H,1-3H3,(H,29,34)(H,28,30,31). The Morgan fingerprint density at radius 1 is 1.00 bits per heavy atom. The van der Waals surface area contributed by atoms with Crippen LogP contribution >= 0.6 is 0 Å². The number of rotatable bonds is 6. The topological polar surface area (TPSA) is 111 Å². The van der Waals surface area contributed by atoms with Crippen molar-refractivity contribution in [2.75, 3.05) is 24.9 Å². The third-order valence-electron chi connectivity index (χ3n) is 5.98. The highest BCUT2D eigenvalue weighted by atomic mass is 16.5. The first-order valence-electron chi connectivity index (χ1n) is 11.3. The Hall–Kier alpha value is -4.79. The summed E-state index contributed by atoms with van der Waals surface area (Å²) < 4.78 is 12.9. The Balaban J connectivity index is 1.67. The van der Waals surface area contributed by atoms with Gasteiger partial charge in [0.05, 0.1) is 19.8 Å². The van der Waals surface area contributed by atoms with Crippen LogP contribution in [0.2, 0.25) is 0 Å². The fraction of sp³-hybridized carbons (Fsp3) is 0.148. The van der Waals surface area contributed by atoms with Crippen molar-refractivity contribution in [2.24, 2.45) is 0 Å². The third-order valence-corrected chi connectivity index (χ3v) is 5.98. The number of nitrogens with zero attached hydrogens (tertiary/aromatic N) is 3. The number of para-hydroxylation sites is 2. The number of benzene rings is 3. The summed E-state index contributed by atoms with van der Waals surface area (Å²) in [4.78, 5) is 18.3. The Kier molecular flexibility index (Phi) is 6.03. The normalized spacial score (nSPS) is 14.6. The first-order chi connectivity index (χ1) is 17.5. The molecule has 0 saturated heterocycles. The van der Waals surface area contributed by atoms with E-state index in [0.29, 0.717) is 45.8 Å². The zero-order chi connectivity index (χ0) is 25.2. The fourth-order valence-electron chi connectivity index (χ4n) is 4.31. The first kappa shape index (κ1) is 23.0.